The summed E-state index contributed by atoms with van der Waals surface area (Å²) in [4.78, 5) is 2.11. The van der Waals surface area contributed by atoms with Gasteiger partial charge < -0.3 is 15.1 Å². The lowest BCUT2D eigenvalue weighted by atomic mass is 9.63. The molecule has 0 spiro atoms. The maximum atomic E-state index is 10.6. The maximum absolute atomic E-state index is 10.6. The molecule has 0 saturated heterocycles. The Morgan fingerprint density at radius 2 is 1.73 bits per heavy atom. The molecule has 1 aliphatic rings. The molecule has 4 heteroatoms. The van der Waals surface area contributed by atoms with Crippen molar-refractivity contribution in [3.05, 3.63) is 23.8 Å². The number of rotatable bonds is 10. The molecule has 0 bridgehead atoms. The van der Waals surface area contributed by atoms with Crippen LogP contribution in [0.25, 0.3) is 0 Å². The van der Waals surface area contributed by atoms with Crippen molar-refractivity contribution in [3.63, 3.8) is 0 Å². The fourth-order valence-corrected chi connectivity index (χ4v) is 4.97. The van der Waals surface area contributed by atoms with Crippen LogP contribution in [0.2, 0.25) is 0 Å². The molecule has 0 amide bonds. The molecule has 1 heterocycles. The summed E-state index contributed by atoms with van der Waals surface area (Å²) in [5.41, 5.74) is 3.05. The zero-order valence-corrected chi connectivity index (χ0v) is 21.0. The van der Waals surface area contributed by atoms with Crippen molar-refractivity contribution >= 4 is 0 Å². The number of hydrogen-bond acceptors (Lipinski definition) is 3. The molecule has 1 fully saturated rings. The van der Waals surface area contributed by atoms with E-state index in [-0.39, 0.29) is 28.0 Å². The van der Waals surface area contributed by atoms with Crippen LogP contribution in [0.3, 0.4) is 0 Å². The van der Waals surface area contributed by atoms with E-state index in [0.29, 0.717) is 18.4 Å². The summed E-state index contributed by atoms with van der Waals surface area (Å²) in [5.74, 6) is 0.327. The number of hydrogen-bond donors (Lipinski definition) is 2. The molecule has 1 saturated carbocycles. The summed E-state index contributed by atoms with van der Waals surface area (Å²) in [7, 11) is 4.05. The third-order valence-corrected chi connectivity index (χ3v) is 8.17. The van der Waals surface area contributed by atoms with Gasteiger partial charge in [-0.25, -0.2) is 0 Å². The number of aromatic nitrogens is 1. The first-order valence-electron chi connectivity index (χ1n) is 11.4. The lowest BCUT2D eigenvalue weighted by molar-refractivity contribution is 0.0816. The van der Waals surface area contributed by atoms with Crippen molar-refractivity contribution < 1.29 is 10.2 Å². The van der Waals surface area contributed by atoms with Crippen LogP contribution in [0.1, 0.15) is 79.7 Å². The lowest BCUT2D eigenvalue weighted by Gasteiger charge is -2.42. The highest BCUT2D eigenvalue weighted by Crippen LogP contribution is 2.71. The van der Waals surface area contributed by atoms with E-state index < -0.39 is 0 Å². The van der Waals surface area contributed by atoms with Crippen LogP contribution in [0.5, 0.6) is 11.8 Å². The Morgan fingerprint density at radius 3 is 2.27 bits per heavy atom. The van der Waals surface area contributed by atoms with E-state index in [1.807, 2.05) is 14.1 Å². The molecule has 2 atom stereocenters. The first-order chi connectivity index (χ1) is 13.5. The Labute approximate surface area is 185 Å². The zero-order chi connectivity index (χ0) is 23.1. The van der Waals surface area contributed by atoms with Gasteiger partial charge in [-0.15, -0.1) is 0 Å². The molecule has 2 N–H and O–H groups in total. The van der Waals surface area contributed by atoms with Crippen LogP contribution in [0.15, 0.2) is 18.2 Å². The summed E-state index contributed by atoms with van der Waals surface area (Å²) >= 11 is 0. The molecule has 172 valence electrons. The number of allylic oxidation sites excluding steroid dienone is 1. The van der Waals surface area contributed by atoms with Gasteiger partial charge in [-0.05, 0) is 74.4 Å². The van der Waals surface area contributed by atoms with Gasteiger partial charge in [0.05, 0.1) is 0 Å². The molecule has 0 aliphatic heterocycles. The second-order valence-electron chi connectivity index (χ2n) is 12.4. The SMILES string of the molecule is C=C(Cc1cc(O)n(CCCN(C)C)c1O)CC1(C)CC1(C)CC(C)(C)C(C)(C)C. The fourth-order valence-electron chi connectivity index (χ4n) is 4.97. The average molecular weight is 419 g/mol. The van der Waals surface area contributed by atoms with Crippen molar-refractivity contribution in [1.29, 1.82) is 0 Å². The second-order valence-corrected chi connectivity index (χ2v) is 12.4. The minimum Gasteiger partial charge on any atom is -0.494 e. The maximum Gasteiger partial charge on any atom is 0.197 e. The Morgan fingerprint density at radius 1 is 1.13 bits per heavy atom. The highest BCUT2D eigenvalue weighted by Gasteiger charge is 2.62. The average Bonchev–Trinajstić information content (AvgIpc) is 2.95. The molecular weight excluding hydrogens is 372 g/mol. The van der Waals surface area contributed by atoms with Crippen molar-refractivity contribution in [2.75, 3.05) is 20.6 Å². The van der Waals surface area contributed by atoms with Crippen LogP contribution in [0.4, 0.5) is 0 Å². The van der Waals surface area contributed by atoms with Gasteiger partial charge in [0, 0.05) is 18.2 Å². The van der Waals surface area contributed by atoms with Crippen LogP contribution in [-0.2, 0) is 13.0 Å². The van der Waals surface area contributed by atoms with Gasteiger partial charge in [-0.3, -0.25) is 4.57 Å². The highest BCUT2D eigenvalue weighted by molar-refractivity contribution is 5.38. The molecule has 30 heavy (non-hydrogen) atoms. The molecule has 2 rings (SSSR count). The van der Waals surface area contributed by atoms with E-state index in [1.165, 1.54) is 12.8 Å². The van der Waals surface area contributed by atoms with Gasteiger partial charge in [0.15, 0.2) is 11.8 Å². The first kappa shape index (κ1) is 24.8. The third kappa shape index (κ3) is 5.25. The van der Waals surface area contributed by atoms with Gasteiger partial charge in [-0.2, -0.15) is 0 Å². The Hall–Kier alpha value is -1.42. The Balaban J connectivity index is 2.00. The van der Waals surface area contributed by atoms with Gasteiger partial charge in [0.1, 0.15) is 0 Å². The summed E-state index contributed by atoms with van der Waals surface area (Å²) in [6.07, 6.45) is 4.90. The van der Waals surface area contributed by atoms with E-state index in [1.54, 1.807) is 10.6 Å². The number of nitrogens with zero attached hydrogens (tertiary/aromatic N) is 2. The zero-order valence-electron chi connectivity index (χ0n) is 21.0. The summed E-state index contributed by atoms with van der Waals surface area (Å²) < 4.78 is 1.61. The van der Waals surface area contributed by atoms with Crippen LogP contribution in [-0.4, -0.2) is 40.3 Å². The molecule has 1 aliphatic carbocycles. The Bertz CT molecular complexity index is 769. The fraction of sp³-hybridized carbons (Fsp3) is 0.769. The van der Waals surface area contributed by atoms with Crippen molar-refractivity contribution in [2.24, 2.45) is 21.7 Å². The van der Waals surface area contributed by atoms with Gasteiger partial charge in [0.2, 0.25) is 0 Å². The van der Waals surface area contributed by atoms with Crippen molar-refractivity contribution in [1.82, 2.24) is 9.47 Å². The predicted octanol–water partition coefficient (Wildman–Crippen LogP) is 6.22. The largest absolute Gasteiger partial charge is 0.494 e. The predicted molar refractivity (Wildman–Crippen MR) is 127 cm³/mol. The van der Waals surface area contributed by atoms with Crippen molar-refractivity contribution in [3.8, 4) is 11.8 Å². The topological polar surface area (TPSA) is 48.6 Å². The lowest BCUT2D eigenvalue weighted by Crippen LogP contribution is -2.33. The molecule has 1 aromatic heterocycles. The van der Waals surface area contributed by atoms with Crippen LogP contribution < -0.4 is 0 Å². The van der Waals surface area contributed by atoms with Crippen LogP contribution in [0, 0.1) is 21.7 Å². The van der Waals surface area contributed by atoms with Crippen molar-refractivity contribution in [2.45, 2.75) is 87.1 Å². The van der Waals surface area contributed by atoms with Gasteiger partial charge in [0.25, 0.3) is 0 Å². The molecular formula is C26H46N2O2. The molecule has 0 radical (unpaired) electrons. The summed E-state index contributed by atoms with van der Waals surface area (Å²) in [5, 5.41) is 20.9. The Kier molecular flexibility index (Phi) is 6.84. The summed E-state index contributed by atoms with van der Waals surface area (Å²) in [6.45, 7) is 22.5. The second kappa shape index (κ2) is 8.26. The van der Waals surface area contributed by atoms with E-state index in [2.05, 4.69) is 59.9 Å². The highest BCUT2D eigenvalue weighted by atomic mass is 16.3. The molecule has 0 aromatic carbocycles. The number of aromatic hydroxyl groups is 2. The van der Waals surface area contributed by atoms with Crippen LogP contribution >= 0.6 is 0 Å². The van der Waals surface area contributed by atoms with Gasteiger partial charge in [-0.1, -0.05) is 60.6 Å². The smallest absolute Gasteiger partial charge is 0.197 e. The quantitative estimate of drug-likeness (QED) is 0.444. The summed E-state index contributed by atoms with van der Waals surface area (Å²) in [6, 6.07) is 1.70. The van der Waals surface area contributed by atoms with E-state index in [0.717, 1.165) is 30.5 Å². The third-order valence-electron chi connectivity index (χ3n) is 8.17. The van der Waals surface area contributed by atoms with Gasteiger partial charge >= 0.3 is 0 Å². The normalized spacial score (nSPS) is 24.5. The molecule has 4 nitrogen and oxygen atoms in total. The first-order valence-corrected chi connectivity index (χ1v) is 11.4. The van der Waals surface area contributed by atoms with E-state index in [4.69, 9.17) is 0 Å². The minimum absolute atomic E-state index is 0.142. The standard InChI is InChI=1S/C26H46N2O2/c1-19(14-20-15-21(29)28(22(20)30)13-11-12-27(9)10)16-25(7)18-26(25,8)17-24(5,6)23(2,3)4/h15,29-30H,1,11-14,16-18H2,2-10H3. The minimum atomic E-state index is 0.142. The van der Waals surface area contributed by atoms with E-state index in [9.17, 15) is 10.2 Å². The molecule has 2 unspecified atom stereocenters. The molecule has 1 aromatic rings. The van der Waals surface area contributed by atoms with E-state index >= 15 is 0 Å². The monoisotopic (exact) mass is 418 g/mol.